The molecule has 0 atom stereocenters. The molecular formula is C22H16Br2N6O2. The Morgan fingerprint density at radius 3 is 1.44 bits per heavy atom. The summed E-state index contributed by atoms with van der Waals surface area (Å²) in [6, 6.07) is 14.7. The van der Waals surface area contributed by atoms with Crippen molar-refractivity contribution < 1.29 is 9.59 Å². The summed E-state index contributed by atoms with van der Waals surface area (Å²) >= 11 is 6.66. The first-order chi connectivity index (χ1) is 15.5. The van der Waals surface area contributed by atoms with Crippen LogP contribution in [-0.2, 0) is 0 Å². The van der Waals surface area contributed by atoms with E-state index < -0.39 is 0 Å². The minimum absolute atomic E-state index is 0.272. The smallest absolute Gasteiger partial charge is 0.275 e. The van der Waals surface area contributed by atoms with E-state index in [9.17, 15) is 9.59 Å². The molecule has 10 heteroatoms. The van der Waals surface area contributed by atoms with Crippen molar-refractivity contribution in [1.29, 1.82) is 0 Å². The minimum Gasteiger partial charge on any atom is -0.321 e. The van der Waals surface area contributed by atoms with E-state index in [1.807, 2.05) is 36.4 Å². The Kier molecular flexibility index (Phi) is 8.52. The third-order valence-corrected chi connectivity index (χ3v) is 4.74. The van der Waals surface area contributed by atoms with Crippen molar-refractivity contribution in [2.24, 2.45) is 0 Å². The Labute approximate surface area is 200 Å². The molecule has 8 nitrogen and oxygen atoms in total. The standard InChI is InChI=1S/2C11H8BrN3O/c2*12-8-2-1-3-9(6-8)15-11(16)10-7-13-4-5-14-10/h2*1-7H,(H,15,16). The third-order valence-electron chi connectivity index (χ3n) is 3.76. The van der Waals surface area contributed by atoms with Gasteiger partial charge in [0.1, 0.15) is 11.4 Å². The average molecular weight is 556 g/mol. The molecular weight excluding hydrogens is 540 g/mol. The predicted octanol–water partition coefficient (Wildman–Crippen LogP) is 4.98. The number of carbonyl (C=O) groups excluding carboxylic acids is 2. The Hall–Kier alpha value is -3.50. The van der Waals surface area contributed by atoms with Gasteiger partial charge in [-0.3, -0.25) is 19.6 Å². The van der Waals surface area contributed by atoms with Crippen LogP contribution in [-0.4, -0.2) is 31.8 Å². The summed E-state index contributed by atoms with van der Waals surface area (Å²) in [5.74, 6) is -0.544. The first-order valence-electron chi connectivity index (χ1n) is 9.17. The molecule has 0 aliphatic carbocycles. The van der Waals surface area contributed by atoms with Crippen LogP contribution < -0.4 is 10.6 Å². The van der Waals surface area contributed by atoms with Gasteiger partial charge in [0.05, 0.1) is 12.4 Å². The van der Waals surface area contributed by atoms with Crippen molar-refractivity contribution in [1.82, 2.24) is 19.9 Å². The molecule has 0 unspecified atom stereocenters. The quantitative estimate of drug-likeness (QED) is 0.367. The van der Waals surface area contributed by atoms with E-state index in [2.05, 4.69) is 62.4 Å². The van der Waals surface area contributed by atoms with Crippen molar-refractivity contribution >= 4 is 55.0 Å². The van der Waals surface area contributed by atoms with E-state index in [1.54, 1.807) is 12.1 Å². The van der Waals surface area contributed by atoms with Gasteiger partial charge in [0.25, 0.3) is 11.8 Å². The number of carbonyl (C=O) groups is 2. The van der Waals surface area contributed by atoms with Gasteiger partial charge in [-0.25, -0.2) is 9.97 Å². The third kappa shape index (κ3) is 7.33. The average Bonchev–Trinajstić information content (AvgIpc) is 2.81. The molecule has 2 heterocycles. The summed E-state index contributed by atoms with van der Waals surface area (Å²) in [5, 5.41) is 5.46. The highest BCUT2D eigenvalue weighted by molar-refractivity contribution is 9.10. The Bertz CT molecular complexity index is 1100. The van der Waals surface area contributed by atoms with Gasteiger partial charge in [0, 0.05) is 45.1 Å². The monoisotopic (exact) mass is 554 g/mol. The van der Waals surface area contributed by atoms with Gasteiger partial charge >= 0.3 is 0 Å². The lowest BCUT2D eigenvalue weighted by Crippen LogP contribution is -2.13. The van der Waals surface area contributed by atoms with Gasteiger partial charge in [-0.2, -0.15) is 0 Å². The zero-order chi connectivity index (χ0) is 22.8. The number of rotatable bonds is 4. The zero-order valence-electron chi connectivity index (χ0n) is 16.4. The summed E-state index contributed by atoms with van der Waals surface area (Å²) in [6.07, 6.45) is 8.86. The highest BCUT2D eigenvalue weighted by Gasteiger charge is 2.07. The van der Waals surface area contributed by atoms with E-state index >= 15 is 0 Å². The Morgan fingerprint density at radius 2 is 1.09 bits per heavy atom. The maximum Gasteiger partial charge on any atom is 0.275 e. The van der Waals surface area contributed by atoms with E-state index in [0.717, 1.165) is 8.95 Å². The number of halogens is 2. The molecule has 0 aliphatic rings. The molecule has 32 heavy (non-hydrogen) atoms. The van der Waals surface area contributed by atoms with Crippen LogP contribution in [0.15, 0.2) is 94.7 Å². The minimum atomic E-state index is -0.272. The van der Waals surface area contributed by atoms with Gasteiger partial charge in [-0.1, -0.05) is 44.0 Å². The summed E-state index contributed by atoms with van der Waals surface area (Å²) in [5.41, 5.74) is 2.01. The molecule has 0 saturated heterocycles. The highest BCUT2D eigenvalue weighted by Crippen LogP contribution is 2.17. The molecule has 2 amide bonds. The molecule has 160 valence electrons. The van der Waals surface area contributed by atoms with Crippen molar-refractivity contribution in [2.75, 3.05) is 10.6 Å². The Balaban J connectivity index is 0.000000181. The second-order valence-electron chi connectivity index (χ2n) is 6.11. The van der Waals surface area contributed by atoms with Crippen molar-refractivity contribution in [3.8, 4) is 0 Å². The van der Waals surface area contributed by atoms with Gasteiger partial charge in [0.15, 0.2) is 0 Å². The second kappa shape index (κ2) is 11.8. The molecule has 4 aromatic rings. The second-order valence-corrected chi connectivity index (χ2v) is 7.94. The lowest BCUT2D eigenvalue weighted by molar-refractivity contribution is 0.101. The summed E-state index contributed by atoms with van der Waals surface area (Å²) < 4.78 is 1.81. The van der Waals surface area contributed by atoms with Gasteiger partial charge in [0.2, 0.25) is 0 Å². The molecule has 0 aliphatic heterocycles. The van der Waals surface area contributed by atoms with E-state index in [4.69, 9.17) is 0 Å². The van der Waals surface area contributed by atoms with E-state index in [1.165, 1.54) is 37.2 Å². The maximum absolute atomic E-state index is 11.7. The SMILES string of the molecule is O=C(Nc1cccc(Br)c1)c1cnccn1.O=C(Nc1cccc(Br)c1)c1cnccn1. The molecule has 4 rings (SSSR count). The number of benzene rings is 2. The molecule has 0 radical (unpaired) electrons. The number of hydrogen-bond donors (Lipinski definition) is 2. The molecule has 2 N–H and O–H groups in total. The molecule has 0 saturated carbocycles. The van der Waals surface area contributed by atoms with E-state index in [-0.39, 0.29) is 11.8 Å². The van der Waals surface area contributed by atoms with Crippen molar-refractivity contribution in [2.45, 2.75) is 0 Å². The number of amides is 2. The maximum atomic E-state index is 11.7. The number of nitrogens with one attached hydrogen (secondary N) is 2. The Morgan fingerprint density at radius 1 is 0.656 bits per heavy atom. The number of hydrogen-bond acceptors (Lipinski definition) is 6. The lowest BCUT2D eigenvalue weighted by Gasteiger charge is -2.04. The van der Waals surface area contributed by atoms with Crippen LogP contribution in [0.25, 0.3) is 0 Å². The van der Waals surface area contributed by atoms with Crippen LogP contribution >= 0.6 is 31.9 Å². The molecule has 0 bridgehead atoms. The summed E-state index contributed by atoms with van der Waals surface area (Å²) in [6.45, 7) is 0. The van der Waals surface area contributed by atoms with Crippen LogP contribution in [0, 0.1) is 0 Å². The van der Waals surface area contributed by atoms with E-state index in [0.29, 0.717) is 22.8 Å². The van der Waals surface area contributed by atoms with Gasteiger partial charge < -0.3 is 10.6 Å². The van der Waals surface area contributed by atoms with Crippen LogP contribution in [0.1, 0.15) is 21.0 Å². The number of aromatic nitrogens is 4. The molecule has 0 fully saturated rings. The van der Waals surface area contributed by atoms with Crippen LogP contribution in [0.5, 0.6) is 0 Å². The van der Waals surface area contributed by atoms with Crippen LogP contribution in [0.3, 0.4) is 0 Å². The topological polar surface area (TPSA) is 110 Å². The van der Waals surface area contributed by atoms with Crippen molar-refractivity contribution in [3.63, 3.8) is 0 Å². The first-order valence-corrected chi connectivity index (χ1v) is 10.8. The first kappa shape index (κ1) is 23.2. The predicted molar refractivity (Wildman–Crippen MR) is 128 cm³/mol. The summed E-state index contributed by atoms with van der Waals surface area (Å²) in [4.78, 5) is 38.9. The zero-order valence-corrected chi connectivity index (χ0v) is 19.6. The van der Waals surface area contributed by atoms with Gasteiger partial charge in [-0.05, 0) is 36.4 Å². The summed E-state index contributed by atoms with van der Waals surface area (Å²) in [7, 11) is 0. The van der Waals surface area contributed by atoms with Gasteiger partial charge in [-0.15, -0.1) is 0 Å². The largest absolute Gasteiger partial charge is 0.321 e. The highest BCUT2D eigenvalue weighted by atomic mass is 79.9. The van der Waals surface area contributed by atoms with Crippen molar-refractivity contribution in [3.05, 3.63) is 106 Å². The normalized spacial score (nSPS) is 9.81. The number of nitrogens with zero attached hydrogens (tertiary/aromatic N) is 4. The number of anilines is 2. The fraction of sp³-hybridized carbons (Fsp3) is 0. The lowest BCUT2D eigenvalue weighted by atomic mass is 10.3. The molecule has 2 aromatic heterocycles. The fourth-order valence-electron chi connectivity index (χ4n) is 2.36. The fourth-order valence-corrected chi connectivity index (χ4v) is 3.15. The molecule has 2 aromatic carbocycles. The molecule has 0 spiro atoms. The van der Waals surface area contributed by atoms with Crippen LogP contribution in [0.2, 0.25) is 0 Å². The van der Waals surface area contributed by atoms with Crippen LogP contribution in [0.4, 0.5) is 11.4 Å².